The van der Waals surface area contributed by atoms with Crippen LogP contribution in [0.2, 0.25) is 0 Å². The maximum absolute atomic E-state index is 2.35. The third-order valence-corrected chi connectivity index (χ3v) is 5.73. The Morgan fingerprint density at radius 2 is 0.800 bits per heavy atom. The van der Waals surface area contributed by atoms with E-state index in [1.807, 2.05) is 0 Å². The standard InChI is InChI=1S/C13H28.C12H26/c1-10(2)12(11(3)4)8-9-13(5,6)7;1-9(2)7-8-12(10(3)4)11(5)6/h10-12H,8-9H2,1-7H3;9-12H,7-8H2,1-6H3. The van der Waals surface area contributed by atoms with Crippen LogP contribution in [0.1, 0.15) is 116 Å². The summed E-state index contributed by atoms with van der Waals surface area (Å²) in [6, 6.07) is 0. The second kappa shape index (κ2) is 13.2. The highest BCUT2D eigenvalue weighted by Gasteiger charge is 2.20. The molecule has 0 aromatic carbocycles. The van der Waals surface area contributed by atoms with Gasteiger partial charge in [0, 0.05) is 0 Å². The molecule has 0 aliphatic heterocycles. The minimum Gasteiger partial charge on any atom is -0.0628 e. The van der Waals surface area contributed by atoms with Crippen molar-refractivity contribution < 1.29 is 0 Å². The van der Waals surface area contributed by atoms with E-state index in [-0.39, 0.29) is 0 Å². The van der Waals surface area contributed by atoms with Crippen molar-refractivity contribution in [3.05, 3.63) is 0 Å². The first-order chi connectivity index (χ1) is 11.2. The molecule has 0 saturated heterocycles. The van der Waals surface area contributed by atoms with Gasteiger partial charge in [-0.3, -0.25) is 0 Å². The lowest BCUT2D eigenvalue weighted by molar-refractivity contribution is 0.226. The van der Waals surface area contributed by atoms with E-state index in [0.29, 0.717) is 5.41 Å². The van der Waals surface area contributed by atoms with Gasteiger partial charge in [0.15, 0.2) is 0 Å². The fraction of sp³-hybridized carbons (Fsp3) is 1.00. The summed E-state index contributed by atoms with van der Waals surface area (Å²) in [7, 11) is 0. The van der Waals surface area contributed by atoms with Crippen LogP contribution < -0.4 is 0 Å². The van der Waals surface area contributed by atoms with E-state index in [1.165, 1.54) is 25.7 Å². The normalized spacial score (nSPS) is 13.0. The molecule has 0 N–H and O–H groups in total. The molecule has 0 nitrogen and oxygen atoms in total. The van der Waals surface area contributed by atoms with Gasteiger partial charge in [-0.05, 0) is 66.1 Å². The Morgan fingerprint density at radius 3 is 1.04 bits per heavy atom. The van der Waals surface area contributed by atoms with Crippen molar-refractivity contribution in [2.75, 3.05) is 0 Å². The van der Waals surface area contributed by atoms with Crippen LogP contribution in [0.25, 0.3) is 0 Å². The number of hydrogen-bond acceptors (Lipinski definition) is 0. The van der Waals surface area contributed by atoms with E-state index in [2.05, 4.69) is 90.0 Å². The molecule has 0 aliphatic carbocycles. The molecule has 0 aromatic heterocycles. The molecule has 0 bridgehead atoms. The SMILES string of the molecule is CC(C)C(CCC(C)(C)C)C(C)C.CC(C)CCC(C(C)C)C(C)C. The summed E-state index contributed by atoms with van der Waals surface area (Å²) in [6.07, 6.45) is 5.54. The molecule has 0 amide bonds. The molecule has 0 heterocycles. The molecule has 0 aliphatic rings. The van der Waals surface area contributed by atoms with Gasteiger partial charge in [-0.15, -0.1) is 0 Å². The Bertz CT molecular complexity index is 272. The summed E-state index contributed by atoms with van der Waals surface area (Å²) in [5.74, 6) is 6.06. The molecule has 25 heavy (non-hydrogen) atoms. The van der Waals surface area contributed by atoms with E-state index < -0.39 is 0 Å². The van der Waals surface area contributed by atoms with Gasteiger partial charge in [0.25, 0.3) is 0 Å². The van der Waals surface area contributed by atoms with Crippen LogP contribution in [0.15, 0.2) is 0 Å². The second-order valence-corrected chi connectivity index (χ2v) is 11.4. The minimum absolute atomic E-state index is 0.502. The van der Waals surface area contributed by atoms with Gasteiger partial charge in [-0.1, -0.05) is 96.4 Å². The van der Waals surface area contributed by atoms with E-state index in [4.69, 9.17) is 0 Å². The average Bonchev–Trinajstić information content (AvgIpc) is 2.35. The predicted molar refractivity (Wildman–Crippen MR) is 119 cm³/mol. The van der Waals surface area contributed by atoms with Crippen LogP contribution in [-0.2, 0) is 0 Å². The maximum atomic E-state index is 2.35. The quantitative estimate of drug-likeness (QED) is 0.387. The van der Waals surface area contributed by atoms with Crippen molar-refractivity contribution >= 4 is 0 Å². The van der Waals surface area contributed by atoms with Gasteiger partial charge >= 0.3 is 0 Å². The first kappa shape index (κ1) is 27.2. The zero-order chi connectivity index (χ0) is 20.4. The highest BCUT2D eigenvalue weighted by atomic mass is 14.3. The Balaban J connectivity index is 0. The van der Waals surface area contributed by atoms with E-state index >= 15 is 0 Å². The molecular weight excluding hydrogens is 300 g/mol. The van der Waals surface area contributed by atoms with Gasteiger partial charge in [0.2, 0.25) is 0 Å². The molecule has 0 aromatic rings. The van der Waals surface area contributed by atoms with Gasteiger partial charge in [-0.2, -0.15) is 0 Å². The molecule has 0 radical (unpaired) electrons. The predicted octanol–water partition coefficient (Wildman–Crippen LogP) is 9.09. The summed E-state index contributed by atoms with van der Waals surface area (Å²) >= 11 is 0. The molecule has 0 rings (SSSR count). The highest BCUT2D eigenvalue weighted by Crippen LogP contribution is 2.31. The topological polar surface area (TPSA) is 0 Å². The molecule has 0 spiro atoms. The molecule has 0 heteroatoms. The molecule has 0 fully saturated rings. The molecular formula is C25H54. The lowest BCUT2D eigenvalue weighted by Crippen LogP contribution is -2.18. The van der Waals surface area contributed by atoms with Crippen molar-refractivity contribution in [1.82, 2.24) is 0 Å². The van der Waals surface area contributed by atoms with Gasteiger partial charge in [0.1, 0.15) is 0 Å². The van der Waals surface area contributed by atoms with E-state index in [9.17, 15) is 0 Å². The van der Waals surface area contributed by atoms with E-state index in [0.717, 1.165) is 41.4 Å². The summed E-state index contributed by atoms with van der Waals surface area (Å²) in [4.78, 5) is 0. The summed E-state index contributed by atoms with van der Waals surface area (Å²) in [5, 5.41) is 0. The zero-order valence-corrected chi connectivity index (χ0v) is 20.4. The lowest BCUT2D eigenvalue weighted by atomic mass is 9.78. The number of hydrogen-bond donors (Lipinski definition) is 0. The lowest BCUT2D eigenvalue weighted by Gasteiger charge is -2.28. The smallest absolute Gasteiger partial charge is 0.0368 e. The molecule has 0 unspecified atom stereocenters. The van der Waals surface area contributed by atoms with Crippen LogP contribution in [0.3, 0.4) is 0 Å². The van der Waals surface area contributed by atoms with Gasteiger partial charge in [-0.25, -0.2) is 0 Å². The van der Waals surface area contributed by atoms with Crippen molar-refractivity contribution in [2.45, 2.75) is 116 Å². The molecule has 0 atom stereocenters. The molecule has 0 saturated carbocycles. The maximum Gasteiger partial charge on any atom is -0.0368 e. The Labute approximate surface area is 163 Å². The fourth-order valence-corrected chi connectivity index (χ4v) is 4.00. The average molecular weight is 355 g/mol. The van der Waals surface area contributed by atoms with Crippen molar-refractivity contribution in [3.8, 4) is 0 Å². The molecule has 154 valence electrons. The van der Waals surface area contributed by atoms with Crippen molar-refractivity contribution in [3.63, 3.8) is 0 Å². The van der Waals surface area contributed by atoms with E-state index in [1.54, 1.807) is 0 Å². The zero-order valence-electron chi connectivity index (χ0n) is 20.4. The van der Waals surface area contributed by atoms with Gasteiger partial charge in [0.05, 0.1) is 0 Å². The van der Waals surface area contributed by atoms with Crippen LogP contribution in [0.5, 0.6) is 0 Å². The summed E-state index contributed by atoms with van der Waals surface area (Å²) < 4.78 is 0. The largest absolute Gasteiger partial charge is 0.0628 e. The third-order valence-electron chi connectivity index (χ3n) is 5.73. The van der Waals surface area contributed by atoms with Crippen molar-refractivity contribution in [2.24, 2.45) is 46.8 Å². The fourth-order valence-electron chi connectivity index (χ4n) is 4.00. The van der Waals surface area contributed by atoms with Crippen LogP contribution in [0.4, 0.5) is 0 Å². The first-order valence-electron chi connectivity index (χ1n) is 11.2. The van der Waals surface area contributed by atoms with Crippen LogP contribution in [-0.4, -0.2) is 0 Å². The van der Waals surface area contributed by atoms with Crippen LogP contribution >= 0.6 is 0 Å². The second-order valence-electron chi connectivity index (χ2n) is 11.4. The van der Waals surface area contributed by atoms with Crippen LogP contribution in [0, 0.1) is 46.8 Å². The Kier molecular flexibility index (Phi) is 14.4. The Morgan fingerprint density at radius 1 is 0.480 bits per heavy atom. The van der Waals surface area contributed by atoms with Crippen molar-refractivity contribution in [1.29, 1.82) is 0 Å². The summed E-state index contributed by atoms with van der Waals surface area (Å²) in [5.41, 5.74) is 0.502. The monoisotopic (exact) mass is 354 g/mol. The Hall–Kier alpha value is 0. The first-order valence-corrected chi connectivity index (χ1v) is 11.2. The van der Waals surface area contributed by atoms with Gasteiger partial charge < -0.3 is 0 Å². The minimum atomic E-state index is 0.502. The number of rotatable bonds is 9. The summed E-state index contributed by atoms with van der Waals surface area (Å²) in [6.45, 7) is 30.5. The third kappa shape index (κ3) is 15.9. The highest BCUT2D eigenvalue weighted by molar-refractivity contribution is 4.71.